The molecule has 2 aliphatic rings. The zero-order chi connectivity index (χ0) is 18.1. The van der Waals surface area contributed by atoms with Crippen LogP contribution in [0.1, 0.15) is 61.1 Å². The average Bonchev–Trinajstić information content (AvgIpc) is 3.55. The van der Waals surface area contributed by atoms with Crippen molar-refractivity contribution in [2.24, 2.45) is 0 Å². The molecule has 1 aromatic heterocycles. The van der Waals surface area contributed by atoms with Crippen molar-refractivity contribution in [2.45, 2.75) is 44.4 Å². The van der Waals surface area contributed by atoms with Gasteiger partial charge in [-0.25, -0.2) is 0 Å². The van der Waals surface area contributed by atoms with E-state index in [1.165, 1.54) is 36.8 Å². The Hall–Kier alpha value is -2.58. The highest BCUT2D eigenvalue weighted by atomic mass is 16.7. The fraction of sp³-hybridized carbons (Fsp3) is 0.429. The van der Waals surface area contributed by atoms with E-state index in [4.69, 9.17) is 21.6 Å². The number of anilines is 1. The standard InChI is InChI=1S/C21H23N3O2/c1-3-13-5-10-16(17(11-13)26-12-25-4-2)20-18(14-6-7-14)19(15-8-9-15)21(22)24-23-20/h1,5,10-11,14-15H,4,6-9,12H2,2H3,(H2,22,24). The van der Waals surface area contributed by atoms with Crippen LogP contribution in [0.5, 0.6) is 5.75 Å². The van der Waals surface area contributed by atoms with Crippen LogP contribution in [0.25, 0.3) is 11.3 Å². The molecule has 0 atom stereocenters. The van der Waals surface area contributed by atoms with Gasteiger partial charge in [0, 0.05) is 23.3 Å². The molecule has 0 unspecified atom stereocenters. The monoisotopic (exact) mass is 349 g/mol. The Kier molecular flexibility index (Phi) is 4.52. The maximum Gasteiger partial charge on any atom is 0.189 e. The Morgan fingerprint density at radius 3 is 2.54 bits per heavy atom. The van der Waals surface area contributed by atoms with Gasteiger partial charge in [-0.05, 0) is 68.2 Å². The summed E-state index contributed by atoms with van der Waals surface area (Å²) in [6.07, 6.45) is 10.3. The fourth-order valence-corrected chi connectivity index (χ4v) is 3.38. The fourth-order valence-electron chi connectivity index (χ4n) is 3.38. The molecule has 0 aliphatic heterocycles. The first-order chi connectivity index (χ1) is 12.7. The normalized spacial score (nSPS) is 16.3. The van der Waals surface area contributed by atoms with Crippen LogP contribution in [0.4, 0.5) is 5.82 Å². The molecule has 5 nitrogen and oxygen atoms in total. The summed E-state index contributed by atoms with van der Waals surface area (Å²) in [6.45, 7) is 2.69. The molecule has 5 heteroatoms. The minimum absolute atomic E-state index is 0.175. The maximum absolute atomic E-state index is 6.21. The van der Waals surface area contributed by atoms with Gasteiger partial charge in [0.1, 0.15) is 17.3 Å². The molecule has 1 aromatic carbocycles. The summed E-state index contributed by atoms with van der Waals surface area (Å²) in [4.78, 5) is 0. The van der Waals surface area contributed by atoms with Crippen molar-refractivity contribution < 1.29 is 9.47 Å². The van der Waals surface area contributed by atoms with Crippen molar-refractivity contribution in [1.29, 1.82) is 0 Å². The molecule has 0 bridgehead atoms. The van der Waals surface area contributed by atoms with Gasteiger partial charge < -0.3 is 15.2 Å². The molecular weight excluding hydrogens is 326 g/mol. The van der Waals surface area contributed by atoms with Crippen molar-refractivity contribution in [3.05, 3.63) is 34.9 Å². The third-order valence-corrected chi connectivity index (χ3v) is 4.96. The molecule has 26 heavy (non-hydrogen) atoms. The van der Waals surface area contributed by atoms with Crippen LogP contribution in [0.15, 0.2) is 18.2 Å². The lowest BCUT2D eigenvalue weighted by Gasteiger charge is -2.17. The first-order valence-electron chi connectivity index (χ1n) is 9.20. The van der Waals surface area contributed by atoms with Gasteiger partial charge in [0.05, 0.1) is 0 Å². The SMILES string of the molecule is C#Cc1ccc(-c2nnc(N)c(C3CC3)c2C2CC2)c(OCOCC)c1. The molecule has 0 amide bonds. The van der Waals surface area contributed by atoms with E-state index in [0.29, 0.717) is 30.0 Å². The van der Waals surface area contributed by atoms with Crippen molar-refractivity contribution in [2.75, 3.05) is 19.1 Å². The van der Waals surface area contributed by atoms with Crippen LogP contribution >= 0.6 is 0 Å². The number of nitrogen functional groups attached to an aromatic ring is 1. The molecule has 134 valence electrons. The molecule has 0 saturated heterocycles. The summed E-state index contributed by atoms with van der Waals surface area (Å²) in [7, 11) is 0. The third-order valence-electron chi connectivity index (χ3n) is 4.96. The average molecular weight is 349 g/mol. The summed E-state index contributed by atoms with van der Waals surface area (Å²) in [5, 5.41) is 8.75. The van der Waals surface area contributed by atoms with Crippen LogP contribution < -0.4 is 10.5 Å². The quantitative estimate of drug-likeness (QED) is 0.467. The van der Waals surface area contributed by atoms with Crippen LogP contribution in [-0.2, 0) is 4.74 Å². The highest BCUT2D eigenvalue weighted by Crippen LogP contribution is 2.53. The molecule has 2 aromatic rings. The predicted octanol–water partition coefficient (Wildman–Crippen LogP) is 3.83. The molecule has 1 heterocycles. The summed E-state index contributed by atoms with van der Waals surface area (Å²) < 4.78 is 11.2. The Bertz CT molecular complexity index is 864. The zero-order valence-electron chi connectivity index (χ0n) is 15.0. The Morgan fingerprint density at radius 2 is 1.88 bits per heavy atom. The topological polar surface area (TPSA) is 70.3 Å². The van der Waals surface area contributed by atoms with Crippen LogP contribution in [0.3, 0.4) is 0 Å². The number of ether oxygens (including phenoxy) is 2. The molecule has 0 spiro atoms. The zero-order valence-corrected chi connectivity index (χ0v) is 15.0. The van der Waals surface area contributed by atoms with E-state index >= 15 is 0 Å². The van der Waals surface area contributed by atoms with E-state index in [1.807, 2.05) is 25.1 Å². The van der Waals surface area contributed by atoms with Crippen molar-refractivity contribution in [3.8, 4) is 29.4 Å². The summed E-state index contributed by atoms with van der Waals surface area (Å²) in [5.41, 5.74) is 11.2. The molecule has 2 fully saturated rings. The Morgan fingerprint density at radius 1 is 1.15 bits per heavy atom. The second-order valence-electron chi connectivity index (χ2n) is 6.92. The van der Waals surface area contributed by atoms with Gasteiger partial charge in [-0.3, -0.25) is 0 Å². The first-order valence-corrected chi connectivity index (χ1v) is 9.20. The molecular formula is C21H23N3O2. The van der Waals surface area contributed by atoms with E-state index in [2.05, 4.69) is 16.1 Å². The number of nitrogens with zero attached hydrogens (tertiary/aromatic N) is 2. The van der Waals surface area contributed by atoms with Crippen LogP contribution in [-0.4, -0.2) is 23.6 Å². The van der Waals surface area contributed by atoms with E-state index in [1.54, 1.807) is 0 Å². The van der Waals surface area contributed by atoms with Crippen molar-refractivity contribution >= 4 is 5.82 Å². The largest absolute Gasteiger partial charge is 0.467 e. The number of terminal acetylenes is 1. The number of nitrogens with two attached hydrogens (primary N) is 1. The molecule has 0 radical (unpaired) electrons. The molecule has 2 saturated carbocycles. The number of hydrogen-bond acceptors (Lipinski definition) is 5. The number of aromatic nitrogens is 2. The maximum atomic E-state index is 6.21. The summed E-state index contributed by atoms with van der Waals surface area (Å²) >= 11 is 0. The third kappa shape index (κ3) is 3.25. The van der Waals surface area contributed by atoms with Gasteiger partial charge in [0.15, 0.2) is 6.79 Å². The highest BCUT2D eigenvalue weighted by molar-refractivity contribution is 5.75. The summed E-state index contributed by atoms with van der Waals surface area (Å²) in [6, 6.07) is 5.74. The van der Waals surface area contributed by atoms with Crippen molar-refractivity contribution in [1.82, 2.24) is 10.2 Å². The van der Waals surface area contributed by atoms with Gasteiger partial charge in [-0.15, -0.1) is 16.6 Å². The van der Waals surface area contributed by atoms with Gasteiger partial charge >= 0.3 is 0 Å². The lowest BCUT2D eigenvalue weighted by atomic mass is 9.94. The second kappa shape index (κ2) is 6.97. The smallest absolute Gasteiger partial charge is 0.189 e. The number of rotatable bonds is 7. The Labute approximate surface area is 153 Å². The lowest BCUT2D eigenvalue weighted by Crippen LogP contribution is -2.08. The van der Waals surface area contributed by atoms with E-state index in [-0.39, 0.29) is 6.79 Å². The van der Waals surface area contributed by atoms with Crippen LogP contribution in [0.2, 0.25) is 0 Å². The number of hydrogen-bond donors (Lipinski definition) is 1. The predicted molar refractivity (Wildman–Crippen MR) is 101 cm³/mol. The molecule has 4 rings (SSSR count). The van der Waals surface area contributed by atoms with Gasteiger partial charge in [-0.1, -0.05) is 5.92 Å². The van der Waals surface area contributed by atoms with Gasteiger partial charge in [0.2, 0.25) is 0 Å². The van der Waals surface area contributed by atoms with E-state index in [9.17, 15) is 0 Å². The van der Waals surface area contributed by atoms with E-state index in [0.717, 1.165) is 16.8 Å². The molecule has 2 N–H and O–H groups in total. The van der Waals surface area contributed by atoms with Crippen molar-refractivity contribution in [3.63, 3.8) is 0 Å². The summed E-state index contributed by atoms with van der Waals surface area (Å²) in [5.74, 6) is 4.96. The van der Waals surface area contributed by atoms with Crippen LogP contribution in [0, 0.1) is 12.3 Å². The van der Waals surface area contributed by atoms with Gasteiger partial charge in [0.25, 0.3) is 0 Å². The molecule has 2 aliphatic carbocycles. The minimum Gasteiger partial charge on any atom is -0.467 e. The van der Waals surface area contributed by atoms with E-state index < -0.39 is 0 Å². The van der Waals surface area contributed by atoms with Gasteiger partial charge in [-0.2, -0.15) is 0 Å². The lowest BCUT2D eigenvalue weighted by molar-refractivity contribution is 0.0227. The minimum atomic E-state index is 0.175. The highest BCUT2D eigenvalue weighted by Gasteiger charge is 2.38. The second-order valence-corrected chi connectivity index (χ2v) is 6.92. The Balaban J connectivity index is 1.82. The first kappa shape index (κ1) is 16.9. The number of benzene rings is 1.